The molecular formula is C46H40Si. The van der Waals surface area contributed by atoms with Gasteiger partial charge in [0.2, 0.25) is 0 Å². The van der Waals surface area contributed by atoms with E-state index < -0.39 is 0 Å². The van der Waals surface area contributed by atoms with E-state index in [1.54, 1.807) is 5.57 Å². The Morgan fingerprint density at radius 1 is 0.702 bits per heavy atom. The second kappa shape index (κ2) is 12.5. The Hall–Kier alpha value is -4.72. The topological polar surface area (TPSA) is 0 Å². The highest BCUT2D eigenvalue weighted by Gasteiger charge is 2.47. The predicted molar refractivity (Wildman–Crippen MR) is 202 cm³/mol. The number of benzene rings is 4. The normalized spacial score (nSPS) is 25.8. The molecule has 0 aromatic heterocycles. The van der Waals surface area contributed by atoms with Crippen LogP contribution in [0.5, 0.6) is 0 Å². The zero-order valence-corrected chi connectivity index (χ0v) is 28.2. The smallest absolute Gasteiger partial charge is 0.0789 e. The Bertz CT molecular complexity index is 2050. The largest absolute Gasteiger partial charge is 0.0982 e. The van der Waals surface area contributed by atoms with Crippen LogP contribution in [0.3, 0.4) is 0 Å². The van der Waals surface area contributed by atoms with Gasteiger partial charge in [-0.1, -0.05) is 170 Å². The van der Waals surface area contributed by atoms with E-state index in [0.717, 1.165) is 22.4 Å². The zero-order chi connectivity index (χ0) is 31.8. The molecule has 0 bridgehead atoms. The number of hydrogen-bond acceptors (Lipinski definition) is 0. The van der Waals surface area contributed by atoms with Crippen molar-refractivity contribution >= 4 is 20.7 Å². The third-order valence-electron chi connectivity index (χ3n) is 10.5. The van der Waals surface area contributed by atoms with Crippen LogP contribution >= 0.6 is 0 Å². The third kappa shape index (κ3) is 5.43. The van der Waals surface area contributed by atoms with Gasteiger partial charge < -0.3 is 0 Å². The van der Waals surface area contributed by atoms with Gasteiger partial charge in [0.1, 0.15) is 0 Å². The highest BCUT2D eigenvalue weighted by atomic mass is 28.2. The number of rotatable bonds is 4. The molecule has 4 aromatic rings. The Morgan fingerprint density at radius 3 is 2.30 bits per heavy atom. The van der Waals surface area contributed by atoms with E-state index in [0.29, 0.717) is 17.4 Å². The number of aryl methyl sites for hydroxylation is 1. The summed E-state index contributed by atoms with van der Waals surface area (Å²) in [5, 5.41) is 0. The van der Waals surface area contributed by atoms with Crippen molar-refractivity contribution in [1.82, 2.24) is 0 Å². The number of fused-ring (bicyclic) bond motifs is 5. The van der Waals surface area contributed by atoms with Crippen molar-refractivity contribution in [3.8, 4) is 11.1 Å². The van der Waals surface area contributed by atoms with Crippen LogP contribution in [0.2, 0.25) is 5.54 Å². The molecule has 1 aliphatic heterocycles. The summed E-state index contributed by atoms with van der Waals surface area (Å²) in [6.07, 6.45) is 25.7. The van der Waals surface area contributed by atoms with Crippen LogP contribution in [-0.2, 0) is 5.41 Å². The fourth-order valence-corrected chi connectivity index (χ4v) is 9.49. The van der Waals surface area contributed by atoms with Crippen LogP contribution in [0.1, 0.15) is 59.1 Å². The minimum absolute atomic E-state index is 0.109. The van der Waals surface area contributed by atoms with E-state index in [2.05, 4.69) is 177 Å². The van der Waals surface area contributed by atoms with Crippen LogP contribution in [0.4, 0.5) is 0 Å². The van der Waals surface area contributed by atoms with Crippen LogP contribution in [0.25, 0.3) is 22.3 Å². The molecule has 1 heterocycles. The van der Waals surface area contributed by atoms with Gasteiger partial charge in [-0.05, 0) is 87.0 Å². The van der Waals surface area contributed by atoms with Gasteiger partial charge in [-0.25, -0.2) is 0 Å². The Balaban J connectivity index is 1.21. The molecule has 0 spiro atoms. The van der Waals surface area contributed by atoms with Gasteiger partial charge in [0.15, 0.2) is 0 Å². The SMILES string of the molecule is Cc1cccc(-c2cccc(C3=CCC(c4cccc5c4C4(C)C/C=C\C=C/[Si][C@@H]6C=CC=CC6C4=C5c4ccccc4)C=C3)c2)c1. The van der Waals surface area contributed by atoms with Gasteiger partial charge in [-0.3, -0.25) is 0 Å². The van der Waals surface area contributed by atoms with Crippen molar-refractivity contribution < 1.29 is 0 Å². The summed E-state index contributed by atoms with van der Waals surface area (Å²) in [5.74, 6) is 0.699. The van der Waals surface area contributed by atoms with Crippen molar-refractivity contribution in [2.24, 2.45) is 5.92 Å². The molecule has 0 saturated carbocycles. The quantitative estimate of drug-likeness (QED) is 0.199. The van der Waals surface area contributed by atoms with Crippen molar-refractivity contribution in [2.75, 3.05) is 0 Å². The third-order valence-corrected chi connectivity index (χ3v) is 11.8. The molecule has 3 unspecified atom stereocenters. The summed E-state index contributed by atoms with van der Waals surface area (Å²) >= 11 is 0. The van der Waals surface area contributed by atoms with Gasteiger partial charge in [-0.15, -0.1) is 0 Å². The molecule has 4 aliphatic rings. The maximum Gasteiger partial charge on any atom is 0.0789 e. The van der Waals surface area contributed by atoms with Crippen LogP contribution in [0.15, 0.2) is 169 Å². The summed E-state index contributed by atoms with van der Waals surface area (Å²) in [6.45, 7) is 4.70. The van der Waals surface area contributed by atoms with Crippen molar-refractivity contribution in [3.05, 3.63) is 202 Å². The predicted octanol–water partition coefficient (Wildman–Crippen LogP) is 11.6. The van der Waals surface area contributed by atoms with Crippen molar-refractivity contribution in [3.63, 3.8) is 0 Å². The molecule has 3 aliphatic carbocycles. The summed E-state index contributed by atoms with van der Waals surface area (Å²) < 4.78 is 0. The fourth-order valence-electron chi connectivity index (χ4n) is 8.34. The molecule has 0 amide bonds. The van der Waals surface area contributed by atoms with Crippen LogP contribution < -0.4 is 0 Å². The van der Waals surface area contributed by atoms with Gasteiger partial charge in [0, 0.05) is 17.3 Å². The lowest BCUT2D eigenvalue weighted by Crippen LogP contribution is -2.30. The molecule has 0 saturated heterocycles. The average Bonchev–Trinajstić information content (AvgIpc) is 3.39. The van der Waals surface area contributed by atoms with E-state index in [-0.39, 0.29) is 5.41 Å². The first-order valence-electron chi connectivity index (χ1n) is 17.0. The lowest BCUT2D eigenvalue weighted by molar-refractivity contribution is 0.511. The molecule has 228 valence electrons. The molecule has 0 fully saturated rings. The van der Waals surface area contributed by atoms with E-state index in [4.69, 9.17) is 0 Å². The second-order valence-electron chi connectivity index (χ2n) is 13.5. The highest BCUT2D eigenvalue weighted by Crippen LogP contribution is 2.58. The van der Waals surface area contributed by atoms with E-state index in [9.17, 15) is 0 Å². The molecule has 1 heteroatoms. The van der Waals surface area contributed by atoms with Gasteiger partial charge in [0.25, 0.3) is 0 Å². The summed E-state index contributed by atoms with van der Waals surface area (Å²) in [5.41, 5.74) is 18.0. The van der Waals surface area contributed by atoms with Crippen molar-refractivity contribution in [2.45, 2.75) is 43.6 Å². The summed E-state index contributed by atoms with van der Waals surface area (Å²) in [4.78, 5) is 0. The second-order valence-corrected chi connectivity index (χ2v) is 14.9. The van der Waals surface area contributed by atoms with E-state index in [1.807, 2.05) is 0 Å². The zero-order valence-electron chi connectivity index (χ0n) is 27.2. The van der Waals surface area contributed by atoms with Gasteiger partial charge in [0.05, 0.1) is 9.52 Å². The molecule has 0 nitrogen and oxygen atoms in total. The van der Waals surface area contributed by atoms with Crippen molar-refractivity contribution in [1.29, 1.82) is 0 Å². The van der Waals surface area contributed by atoms with Crippen LogP contribution in [-0.4, -0.2) is 9.52 Å². The van der Waals surface area contributed by atoms with E-state index in [1.165, 1.54) is 55.7 Å². The highest BCUT2D eigenvalue weighted by molar-refractivity contribution is 6.45. The number of allylic oxidation sites excluding steroid dienone is 12. The summed E-state index contributed by atoms with van der Waals surface area (Å²) in [6, 6.07) is 36.1. The summed E-state index contributed by atoms with van der Waals surface area (Å²) in [7, 11) is 0.750. The minimum atomic E-state index is -0.109. The van der Waals surface area contributed by atoms with E-state index >= 15 is 0 Å². The molecule has 2 radical (unpaired) electrons. The van der Waals surface area contributed by atoms with Gasteiger partial charge >= 0.3 is 0 Å². The maximum atomic E-state index is 2.53. The Labute approximate surface area is 282 Å². The lowest BCUT2D eigenvalue weighted by Gasteiger charge is -2.38. The maximum absolute atomic E-state index is 2.53. The first kappa shape index (κ1) is 29.7. The standard InChI is InChI=1S/C46H40Si/c1-32-14-11-17-36(30-32)38-19-12-18-37(31-38)33-24-26-34(27-25-33)39-21-13-22-41-43(35-15-5-3-6-16-35)45-40-20-7-8-23-42(40)47-29-10-4-9-28-46(45,2)44(39)41/h3-26,29-31,34,40,42H,27-28H2,1-2H3/b9-4-,29-10-/t34?,40?,42-,46?/m1/s1. The Morgan fingerprint density at radius 2 is 1.47 bits per heavy atom. The first-order valence-corrected chi connectivity index (χ1v) is 18.2. The molecule has 8 rings (SSSR count). The monoisotopic (exact) mass is 620 g/mol. The molecule has 4 aromatic carbocycles. The first-order chi connectivity index (χ1) is 23.1. The Kier molecular flexibility index (Phi) is 7.87. The molecule has 0 N–H and O–H groups in total. The molecule has 4 atom stereocenters. The molecular weight excluding hydrogens is 581 g/mol. The molecule has 47 heavy (non-hydrogen) atoms. The lowest BCUT2D eigenvalue weighted by atomic mass is 9.67. The minimum Gasteiger partial charge on any atom is -0.0982 e. The fraction of sp³-hybridized carbons (Fsp3) is 0.174. The van der Waals surface area contributed by atoms with Gasteiger partial charge in [-0.2, -0.15) is 0 Å². The average molecular weight is 621 g/mol. The van der Waals surface area contributed by atoms with Crippen LogP contribution in [0, 0.1) is 12.8 Å². The number of hydrogen-bond donors (Lipinski definition) is 0.